The molecule has 0 radical (unpaired) electrons. The van der Waals surface area contributed by atoms with Crippen LogP contribution in [0.1, 0.15) is 12.5 Å². The fourth-order valence-electron chi connectivity index (χ4n) is 2.04. The molecule has 0 aliphatic carbocycles. The van der Waals surface area contributed by atoms with Gasteiger partial charge in [0.05, 0.1) is 5.75 Å². The maximum Gasteiger partial charge on any atom is 0.239 e. The highest BCUT2D eigenvalue weighted by Crippen LogP contribution is 2.34. The molecule has 1 heterocycles. The monoisotopic (exact) mass is 286 g/mol. The van der Waals surface area contributed by atoms with E-state index in [2.05, 4.69) is 4.99 Å². The van der Waals surface area contributed by atoms with E-state index >= 15 is 0 Å². The van der Waals surface area contributed by atoms with Gasteiger partial charge in [-0.15, -0.1) is 0 Å². The minimum atomic E-state index is -3.63. The molecule has 19 heavy (non-hydrogen) atoms. The quantitative estimate of drug-likeness (QED) is 0.721. The number of hydrogen-bond acceptors (Lipinski definition) is 5. The first kappa shape index (κ1) is 13.6. The van der Waals surface area contributed by atoms with Crippen molar-refractivity contribution in [1.82, 2.24) is 4.31 Å². The third kappa shape index (κ3) is 2.23. The number of nitrogen functional groups attached to an aromatic ring is 1. The van der Waals surface area contributed by atoms with E-state index in [4.69, 9.17) is 11.5 Å². The van der Waals surface area contributed by atoms with Crippen LogP contribution in [0, 0.1) is 5.82 Å². The molecule has 1 aromatic carbocycles. The van der Waals surface area contributed by atoms with Crippen molar-refractivity contribution >= 4 is 21.7 Å². The summed E-state index contributed by atoms with van der Waals surface area (Å²) >= 11 is 0. The summed E-state index contributed by atoms with van der Waals surface area (Å²) < 4.78 is 38.8. The van der Waals surface area contributed by atoms with Crippen molar-refractivity contribution in [3.8, 4) is 0 Å². The van der Waals surface area contributed by atoms with E-state index in [0.29, 0.717) is 5.69 Å². The molecule has 0 bridgehead atoms. The summed E-state index contributed by atoms with van der Waals surface area (Å²) in [6.07, 6.45) is 0. The lowest BCUT2D eigenvalue weighted by atomic mass is 9.93. The zero-order valence-corrected chi connectivity index (χ0v) is 11.4. The number of guanidine groups is 1. The molecule has 0 saturated heterocycles. The first-order chi connectivity index (χ1) is 8.66. The molecule has 1 atom stereocenters. The first-order valence-electron chi connectivity index (χ1n) is 5.53. The molecule has 1 aliphatic rings. The molecule has 1 aliphatic heterocycles. The highest BCUT2D eigenvalue weighted by atomic mass is 32.2. The summed E-state index contributed by atoms with van der Waals surface area (Å²) in [6, 6.07) is 3.97. The standard InChI is InChI=1S/C11H15FN4O2S/c1-11(8-5-7(13)3-4-9(8)12)6-19(17,18)16(2)10(14)15-11/h3-5H,6,13H2,1-2H3,(H2,14,15)/t11-/m0/s1. The molecule has 0 fully saturated rings. The van der Waals surface area contributed by atoms with E-state index < -0.39 is 21.4 Å². The van der Waals surface area contributed by atoms with Gasteiger partial charge in [0.25, 0.3) is 0 Å². The molecule has 8 heteroatoms. The third-order valence-electron chi connectivity index (χ3n) is 3.14. The van der Waals surface area contributed by atoms with Crippen molar-refractivity contribution in [1.29, 1.82) is 0 Å². The lowest BCUT2D eigenvalue weighted by Crippen LogP contribution is -2.50. The molecule has 0 amide bonds. The normalized spacial score (nSPS) is 26.1. The van der Waals surface area contributed by atoms with Crippen LogP contribution >= 0.6 is 0 Å². The first-order valence-corrected chi connectivity index (χ1v) is 7.14. The van der Waals surface area contributed by atoms with E-state index in [-0.39, 0.29) is 17.3 Å². The van der Waals surface area contributed by atoms with Gasteiger partial charge in [-0.3, -0.25) is 0 Å². The van der Waals surface area contributed by atoms with Crippen molar-refractivity contribution in [3.05, 3.63) is 29.6 Å². The summed E-state index contributed by atoms with van der Waals surface area (Å²) in [5.74, 6) is -1.10. The predicted octanol–water partition coefficient (Wildman–Crippen LogP) is 0.213. The van der Waals surface area contributed by atoms with Gasteiger partial charge in [0, 0.05) is 18.3 Å². The average molecular weight is 286 g/mol. The van der Waals surface area contributed by atoms with Crippen LogP contribution in [0.2, 0.25) is 0 Å². The van der Waals surface area contributed by atoms with Crippen LogP contribution in [0.5, 0.6) is 0 Å². The number of anilines is 1. The van der Waals surface area contributed by atoms with E-state index in [0.717, 1.165) is 4.31 Å². The van der Waals surface area contributed by atoms with Gasteiger partial charge in [-0.05, 0) is 25.1 Å². The van der Waals surface area contributed by atoms with Crippen LogP contribution in [-0.2, 0) is 15.6 Å². The van der Waals surface area contributed by atoms with E-state index in [9.17, 15) is 12.8 Å². The van der Waals surface area contributed by atoms with Crippen LogP contribution < -0.4 is 11.5 Å². The lowest BCUT2D eigenvalue weighted by molar-refractivity contribution is 0.458. The molecule has 0 spiro atoms. The second-order valence-electron chi connectivity index (χ2n) is 4.71. The van der Waals surface area contributed by atoms with E-state index in [1.165, 1.54) is 32.2 Å². The fraction of sp³-hybridized carbons (Fsp3) is 0.364. The number of sulfonamides is 1. The summed E-state index contributed by atoms with van der Waals surface area (Å²) in [6.45, 7) is 1.52. The molecule has 0 aromatic heterocycles. The number of nitrogens with two attached hydrogens (primary N) is 2. The number of benzene rings is 1. The van der Waals surface area contributed by atoms with Gasteiger partial charge in [0.1, 0.15) is 11.4 Å². The van der Waals surface area contributed by atoms with Crippen LogP contribution in [0.4, 0.5) is 10.1 Å². The molecular formula is C11H15FN4O2S. The van der Waals surface area contributed by atoms with Crippen LogP contribution in [0.25, 0.3) is 0 Å². The second kappa shape index (κ2) is 4.09. The maximum absolute atomic E-state index is 13.9. The minimum Gasteiger partial charge on any atom is -0.399 e. The minimum absolute atomic E-state index is 0.118. The Kier molecular flexibility index (Phi) is 2.93. The SMILES string of the molecule is CN1C(N)=N[C@](C)(c2cc(N)ccc2F)CS1(=O)=O. The number of hydrogen-bond donors (Lipinski definition) is 2. The van der Waals surface area contributed by atoms with Gasteiger partial charge < -0.3 is 11.5 Å². The predicted molar refractivity (Wildman–Crippen MR) is 71.3 cm³/mol. The van der Waals surface area contributed by atoms with Crippen molar-refractivity contribution < 1.29 is 12.8 Å². The topological polar surface area (TPSA) is 102 Å². The number of nitrogens with zero attached hydrogens (tertiary/aromatic N) is 2. The molecule has 1 aromatic rings. The van der Waals surface area contributed by atoms with Gasteiger partial charge in [0.15, 0.2) is 0 Å². The van der Waals surface area contributed by atoms with Crippen LogP contribution in [-0.4, -0.2) is 31.5 Å². The second-order valence-corrected chi connectivity index (χ2v) is 6.71. The van der Waals surface area contributed by atoms with Crippen molar-refractivity contribution in [2.24, 2.45) is 10.7 Å². The Morgan fingerprint density at radius 1 is 1.42 bits per heavy atom. The molecule has 0 unspecified atom stereocenters. The zero-order chi connectivity index (χ0) is 14.4. The Morgan fingerprint density at radius 3 is 2.63 bits per heavy atom. The average Bonchev–Trinajstić information content (AvgIpc) is 2.28. The van der Waals surface area contributed by atoms with Gasteiger partial charge in [-0.25, -0.2) is 22.1 Å². The van der Waals surface area contributed by atoms with Crippen molar-refractivity contribution in [2.75, 3.05) is 18.5 Å². The van der Waals surface area contributed by atoms with Gasteiger partial charge >= 0.3 is 0 Å². The summed E-state index contributed by atoms with van der Waals surface area (Å²) in [5.41, 5.74) is 10.4. The van der Waals surface area contributed by atoms with Gasteiger partial charge in [-0.2, -0.15) is 0 Å². The molecule has 6 nitrogen and oxygen atoms in total. The third-order valence-corrected chi connectivity index (χ3v) is 5.08. The Hall–Kier alpha value is -1.83. The molecule has 104 valence electrons. The zero-order valence-electron chi connectivity index (χ0n) is 10.6. The number of aliphatic imine (C=N–C) groups is 1. The largest absolute Gasteiger partial charge is 0.399 e. The molecule has 0 saturated carbocycles. The Balaban J connectivity index is 2.64. The van der Waals surface area contributed by atoms with Crippen molar-refractivity contribution in [3.63, 3.8) is 0 Å². The lowest BCUT2D eigenvalue weighted by Gasteiger charge is -2.34. The van der Waals surface area contributed by atoms with Crippen molar-refractivity contribution in [2.45, 2.75) is 12.5 Å². The van der Waals surface area contributed by atoms with Gasteiger partial charge in [-0.1, -0.05) is 0 Å². The Bertz CT molecular complexity index is 659. The Labute approximate surface area is 111 Å². The maximum atomic E-state index is 13.9. The highest BCUT2D eigenvalue weighted by Gasteiger charge is 2.41. The summed E-state index contributed by atoms with van der Waals surface area (Å²) in [4.78, 5) is 4.11. The summed E-state index contributed by atoms with van der Waals surface area (Å²) in [5, 5.41) is 0. The Morgan fingerprint density at radius 2 is 2.05 bits per heavy atom. The number of halogens is 1. The summed E-state index contributed by atoms with van der Waals surface area (Å²) in [7, 11) is -2.32. The van der Waals surface area contributed by atoms with Crippen LogP contribution in [0.3, 0.4) is 0 Å². The molecule has 4 N–H and O–H groups in total. The molecular weight excluding hydrogens is 271 g/mol. The highest BCUT2D eigenvalue weighted by molar-refractivity contribution is 7.89. The molecule has 2 rings (SSSR count). The van der Waals surface area contributed by atoms with E-state index in [1.807, 2.05) is 0 Å². The smallest absolute Gasteiger partial charge is 0.239 e. The van der Waals surface area contributed by atoms with Gasteiger partial charge in [0.2, 0.25) is 16.0 Å². The van der Waals surface area contributed by atoms with Crippen LogP contribution in [0.15, 0.2) is 23.2 Å². The number of rotatable bonds is 1. The fourth-order valence-corrected chi connectivity index (χ4v) is 3.49. The van der Waals surface area contributed by atoms with E-state index in [1.54, 1.807) is 0 Å².